The van der Waals surface area contributed by atoms with Crippen molar-refractivity contribution in [2.24, 2.45) is 0 Å². The van der Waals surface area contributed by atoms with E-state index in [1.807, 2.05) is 0 Å². The van der Waals surface area contributed by atoms with Crippen LogP contribution in [0.25, 0.3) is 22.1 Å². The van der Waals surface area contributed by atoms with Crippen LogP contribution < -0.4 is 26.4 Å². The number of fused-ring (bicyclic) bond motifs is 9. The van der Waals surface area contributed by atoms with E-state index in [4.69, 9.17) is 16.0 Å². The molecule has 2 atom stereocenters. The Bertz CT molecular complexity index is 2650. The van der Waals surface area contributed by atoms with Crippen LogP contribution in [0.15, 0.2) is 95.4 Å². The fourth-order valence-electron chi connectivity index (χ4n) is 11.0. The van der Waals surface area contributed by atoms with Gasteiger partial charge in [0.1, 0.15) is 5.58 Å². The van der Waals surface area contributed by atoms with Crippen molar-refractivity contribution in [3.63, 3.8) is 0 Å². The monoisotopic (exact) mass is 770 g/mol. The molecule has 1 aromatic heterocycles. The average Bonchev–Trinajstić information content (AvgIpc) is 3.62. The molecule has 3 nitrogen and oxygen atoms in total. The number of rotatable bonds is 2. The zero-order chi connectivity index (χ0) is 40.2. The predicted octanol–water partition coefficient (Wildman–Crippen LogP) is 13.0. The first-order valence-electron chi connectivity index (χ1n) is 21.2. The molecule has 290 valence electrons. The van der Waals surface area contributed by atoms with E-state index < -0.39 is 0 Å². The maximum atomic E-state index is 7.45. The van der Waals surface area contributed by atoms with Gasteiger partial charge in [-0.2, -0.15) is 0 Å². The third kappa shape index (κ3) is 5.11. The Morgan fingerprint density at radius 3 is 2.00 bits per heavy atom. The minimum Gasteiger partial charge on any atom is -0.468 e. The maximum absolute atomic E-state index is 7.45. The van der Waals surface area contributed by atoms with Gasteiger partial charge in [-0.3, -0.25) is 0 Å². The Balaban J connectivity index is 1.36. The van der Waals surface area contributed by atoms with Gasteiger partial charge in [0, 0.05) is 38.4 Å². The highest BCUT2D eigenvalue weighted by atomic mass is 35.5. The summed E-state index contributed by atoms with van der Waals surface area (Å²) < 4.78 is 7.43. The Labute approximate surface area is 345 Å². The van der Waals surface area contributed by atoms with Crippen molar-refractivity contribution in [2.75, 3.05) is 9.80 Å². The van der Waals surface area contributed by atoms with Gasteiger partial charge in [-0.15, -0.1) is 0 Å². The standard InChI is InChI=1S/C52H56BClN2O/c1-48(2,3)32-20-22-40(37(25-32)31-17-13-12-14-18-31)55-41-29-35(54)30-42-44(41)53(47-45(55)36-21-19-33(49(4,5)6)28-43(36)57-47)39-27-34(50(7,8)9)26-38-46(39)56(42)52(11)24-16-15-23-51(38,52)10/h12-14,17-22,25-30H,15-16,23-24H2,1-11H3. The van der Waals surface area contributed by atoms with Crippen LogP contribution in [0, 0.1) is 0 Å². The third-order valence-electron chi connectivity index (χ3n) is 14.5. The molecule has 4 aliphatic rings. The van der Waals surface area contributed by atoms with Gasteiger partial charge in [0.25, 0.3) is 6.71 Å². The van der Waals surface area contributed by atoms with Gasteiger partial charge in [0.15, 0.2) is 0 Å². The molecule has 2 unspecified atom stereocenters. The smallest absolute Gasteiger partial charge is 0.297 e. The summed E-state index contributed by atoms with van der Waals surface area (Å²) in [7, 11) is 0. The molecule has 4 heterocycles. The molecule has 6 aromatic rings. The van der Waals surface area contributed by atoms with Gasteiger partial charge >= 0.3 is 0 Å². The largest absolute Gasteiger partial charge is 0.468 e. The quantitative estimate of drug-likeness (QED) is 0.163. The number of furan rings is 1. The molecule has 0 saturated heterocycles. The molecule has 10 rings (SSSR count). The van der Waals surface area contributed by atoms with Crippen LogP contribution in [0.1, 0.15) is 124 Å². The number of benzene rings is 5. The number of hydrogen-bond donors (Lipinski definition) is 0. The minimum absolute atomic E-state index is 0.0133. The molecule has 1 fully saturated rings. The predicted molar refractivity (Wildman–Crippen MR) is 245 cm³/mol. The van der Waals surface area contributed by atoms with Crippen molar-refractivity contribution < 1.29 is 4.42 Å². The molecule has 0 spiro atoms. The molecule has 1 aliphatic carbocycles. The summed E-state index contributed by atoms with van der Waals surface area (Å²) in [5.41, 5.74) is 18.3. The fraction of sp³-hybridized carbons (Fsp3) is 0.385. The van der Waals surface area contributed by atoms with Crippen LogP contribution >= 0.6 is 11.6 Å². The number of anilines is 5. The van der Waals surface area contributed by atoms with Crippen molar-refractivity contribution >= 4 is 74.3 Å². The van der Waals surface area contributed by atoms with Gasteiger partial charge in [0.05, 0.1) is 22.6 Å². The fourth-order valence-corrected chi connectivity index (χ4v) is 11.2. The number of hydrogen-bond acceptors (Lipinski definition) is 3. The summed E-state index contributed by atoms with van der Waals surface area (Å²) in [6.45, 7) is 25.9. The van der Waals surface area contributed by atoms with Gasteiger partial charge in [-0.25, -0.2) is 0 Å². The Kier molecular flexibility index (Phi) is 7.67. The lowest BCUT2D eigenvalue weighted by Crippen LogP contribution is -2.64. The van der Waals surface area contributed by atoms with Crippen LogP contribution in [0.2, 0.25) is 5.02 Å². The molecule has 5 aromatic carbocycles. The van der Waals surface area contributed by atoms with E-state index >= 15 is 0 Å². The first kappa shape index (κ1) is 36.9. The first-order chi connectivity index (χ1) is 26.8. The molecule has 0 N–H and O–H groups in total. The Morgan fingerprint density at radius 1 is 0.649 bits per heavy atom. The maximum Gasteiger partial charge on any atom is 0.297 e. The van der Waals surface area contributed by atoms with Crippen molar-refractivity contribution in [3.8, 4) is 11.1 Å². The summed E-state index contributed by atoms with van der Waals surface area (Å²) in [6, 6.07) is 34.6. The summed E-state index contributed by atoms with van der Waals surface area (Å²) in [4.78, 5) is 5.28. The third-order valence-corrected chi connectivity index (χ3v) is 14.7. The van der Waals surface area contributed by atoms with Crippen LogP contribution in [-0.2, 0) is 21.7 Å². The van der Waals surface area contributed by atoms with Gasteiger partial charge in [-0.1, -0.05) is 148 Å². The van der Waals surface area contributed by atoms with Gasteiger partial charge < -0.3 is 14.2 Å². The lowest BCUT2D eigenvalue weighted by Gasteiger charge is -2.52. The molecule has 3 aliphatic heterocycles. The van der Waals surface area contributed by atoms with Gasteiger partial charge in [-0.05, 0) is 111 Å². The minimum atomic E-state index is -0.105. The second-order valence-electron chi connectivity index (χ2n) is 21.1. The van der Waals surface area contributed by atoms with Crippen LogP contribution in [-0.4, -0.2) is 12.3 Å². The molecule has 0 amide bonds. The summed E-state index contributed by atoms with van der Waals surface area (Å²) >= 11 is 7.45. The molecular weight excluding hydrogens is 715 g/mol. The van der Waals surface area contributed by atoms with E-state index in [9.17, 15) is 0 Å². The molecule has 57 heavy (non-hydrogen) atoms. The highest BCUT2D eigenvalue weighted by Gasteiger charge is 2.62. The van der Waals surface area contributed by atoms with Crippen molar-refractivity contribution in [2.45, 2.75) is 129 Å². The van der Waals surface area contributed by atoms with E-state index in [0.29, 0.717) is 0 Å². The van der Waals surface area contributed by atoms with E-state index in [1.54, 1.807) is 0 Å². The number of halogens is 1. The normalized spacial score (nSPS) is 21.1. The highest BCUT2D eigenvalue weighted by Crippen LogP contribution is 2.62. The molecular formula is C52H56BClN2O. The lowest BCUT2D eigenvalue weighted by atomic mass is 9.35. The lowest BCUT2D eigenvalue weighted by molar-refractivity contribution is 0.195. The van der Waals surface area contributed by atoms with Crippen molar-refractivity contribution in [1.29, 1.82) is 0 Å². The summed E-state index contributed by atoms with van der Waals surface area (Å²) in [5, 5.41) is 1.89. The SMILES string of the molecule is CC(C)(C)c1ccc(N2c3cc(Cl)cc4c3B(c3cc(C(C)(C)C)cc5c3N4C3(C)CCCCC53C)c3oc4cc(C(C)(C)C)ccc4c32)c(-c2ccccc2)c1. The summed E-state index contributed by atoms with van der Waals surface area (Å²) in [5.74, 6) is 0. The van der Waals surface area contributed by atoms with E-state index in [0.717, 1.165) is 45.1 Å². The van der Waals surface area contributed by atoms with E-state index in [-0.39, 0.29) is 33.9 Å². The number of nitrogens with zero attached hydrogens (tertiary/aromatic N) is 2. The van der Waals surface area contributed by atoms with Crippen LogP contribution in [0.3, 0.4) is 0 Å². The zero-order valence-corrected chi connectivity index (χ0v) is 36.5. The molecule has 0 radical (unpaired) electrons. The second-order valence-corrected chi connectivity index (χ2v) is 21.5. The van der Waals surface area contributed by atoms with Crippen molar-refractivity contribution in [3.05, 3.63) is 118 Å². The van der Waals surface area contributed by atoms with Crippen LogP contribution in [0.5, 0.6) is 0 Å². The highest BCUT2D eigenvalue weighted by molar-refractivity contribution is 7.00. The summed E-state index contributed by atoms with van der Waals surface area (Å²) in [6.07, 6.45) is 4.78. The average molecular weight is 771 g/mol. The Morgan fingerprint density at radius 2 is 1.30 bits per heavy atom. The van der Waals surface area contributed by atoms with Crippen LogP contribution in [0.4, 0.5) is 28.4 Å². The topological polar surface area (TPSA) is 19.6 Å². The van der Waals surface area contributed by atoms with E-state index in [2.05, 4.69) is 177 Å². The molecule has 5 heteroatoms. The van der Waals surface area contributed by atoms with Crippen molar-refractivity contribution in [1.82, 2.24) is 0 Å². The molecule has 0 bridgehead atoms. The first-order valence-corrected chi connectivity index (χ1v) is 21.6. The van der Waals surface area contributed by atoms with Gasteiger partial charge in [0.2, 0.25) is 0 Å². The van der Waals surface area contributed by atoms with E-state index in [1.165, 1.54) is 74.9 Å². The zero-order valence-electron chi connectivity index (χ0n) is 35.7. The Hall–Kier alpha value is -4.41. The molecule has 1 saturated carbocycles. The second kappa shape index (κ2) is 11.8.